The number of rotatable bonds is 1. The van der Waals surface area contributed by atoms with E-state index in [1.54, 1.807) is 4.90 Å². The summed E-state index contributed by atoms with van der Waals surface area (Å²) >= 11 is 0. The van der Waals surface area contributed by atoms with Gasteiger partial charge in [0, 0.05) is 18.6 Å². The SMILES string of the molecule is CC1(N)CCCCC1C(=O)N1CCS(=O)(=O)CC1. The minimum Gasteiger partial charge on any atom is -0.340 e. The lowest BCUT2D eigenvalue weighted by Crippen LogP contribution is -2.56. The minimum atomic E-state index is -2.93. The van der Waals surface area contributed by atoms with Crippen molar-refractivity contribution < 1.29 is 13.2 Å². The van der Waals surface area contributed by atoms with E-state index in [4.69, 9.17) is 5.73 Å². The van der Waals surface area contributed by atoms with E-state index >= 15 is 0 Å². The van der Waals surface area contributed by atoms with E-state index in [1.807, 2.05) is 6.92 Å². The molecule has 0 aromatic rings. The number of carbonyl (C=O) groups is 1. The molecule has 104 valence electrons. The number of hydrogen-bond acceptors (Lipinski definition) is 4. The van der Waals surface area contributed by atoms with Gasteiger partial charge >= 0.3 is 0 Å². The van der Waals surface area contributed by atoms with Crippen molar-refractivity contribution in [3.05, 3.63) is 0 Å². The zero-order valence-electron chi connectivity index (χ0n) is 10.9. The van der Waals surface area contributed by atoms with E-state index in [1.165, 1.54) is 0 Å². The van der Waals surface area contributed by atoms with Gasteiger partial charge in [0.05, 0.1) is 17.4 Å². The highest BCUT2D eigenvalue weighted by Gasteiger charge is 2.40. The minimum absolute atomic E-state index is 0.0506. The van der Waals surface area contributed by atoms with Gasteiger partial charge in [-0.2, -0.15) is 0 Å². The summed E-state index contributed by atoms with van der Waals surface area (Å²) in [5.74, 6) is 0.0844. The van der Waals surface area contributed by atoms with Crippen LogP contribution >= 0.6 is 0 Å². The van der Waals surface area contributed by atoms with Crippen molar-refractivity contribution in [2.24, 2.45) is 11.7 Å². The molecule has 1 saturated heterocycles. The average Bonchev–Trinajstić information content (AvgIpc) is 2.27. The molecule has 2 N–H and O–H groups in total. The van der Waals surface area contributed by atoms with Crippen LogP contribution in [0.3, 0.4) is 0 Å². The molecule has 1 saturated carbocycles. The Morgan fingerprint density at radius 3 is 2.44 bits per heavy atom. The van der Waals surface area contributed by atoms with Crippen molar-refractivity contribution in [2.75, 3.05) is 24.6 Å². The van der Waals surface area contributed by atoms with Crippen molar-refractivity contribution in [3.63, 3.8) is 0 Å². The average molecular weight is 274 g/mol. The van der Waals surface area contributed by atoms with Gasteiger partial charge in [-0.3, -0.25) is 4.79 Å². The first-order valence-electron chi connectivity index (χ1n) is 6.60. The highest BCUT2D eigenvalue weighted by atomic mass is 32.2. The zero-order chi connectivity index (χ0) is 13.4. The number of hydrogen-bond donors (Lipinski definition) is 1. The molecule has 2 atom stereocenters. The Labute approximate surface area is 109 Å². The normalized spacial score (nSPS) is 36.3. The number of carbonyl (C=O) groups excluding carboxylic acids is 1. The van der Waals surface area contributed by atoms with Crippen molar-refractivity contribution in [3.8, 4) is 0 Å². The molecule has 1 aliphatic carbocycles. The molecule has 18 heavy (non-hydrogen) atoms. The van der Waals surface area contributed by atoms with E-state index < -0.39 is 15.4 Å². The quantitative estimate of drug-likeness (QED) is 0.738. The van der Waals surface area contributed by atoms with Gasteiger partial charge in [-0.25, -0.2) is 8.42 Å². The summed E-state index contributed by atoms with van der Waals surface area (Å²) in [5, 5.41) is 0. The number of nitrogens with zero attached hydrogens (tertiary/aromatic N) is 1. The van der Waals surface area contributed by atoms with Crippen molar-refractivity contribution in [2.45, 2.75) is 38.1 Å². The Balaban J connectivity index is 2.03. The lowest BCUT2D eigenvalue weighted by atomic mass is 9.74. The maximum absolute atomic E-state index is 12.4. The molecular formula is C12H22N2O3S. The Bertz CT molecular complexity index is 417. The van der Waals surface area contributed by atoms with E-state index in [2.05, 4.69) is 0 Å². The first-order valence-corrected chi connectivity index (χ1v) is 8.42. The molecule has 1 aliphatic heterocycles. The number of sulfone groups is 1. The Morgan fingerprint density at radius 1 is 1.28 bits per heavy atom. The summed E-state index contributed by atoms with van der Waals surface area (Å²) in [6, 6.07) is 0. The van der Waals surface area contributed by atoms with Crippen molar-refractivity contribution in [1.82, 2.24) is 4.90 Å². The summed E-state index contributed by atoms with van der Waals surface area (Å²) < 4.78 is 22.7. The molecule has 0 aromatic heterocycles. The standard InChI is InChI=1S/C12H22N2O3S/c1-12(13)5-3-2-4-10(12)11(15)14-6-8-18(16,17)9-7-14/h10H,2-9,13H2,1H3. The van der Waals surface area contributed by atoms with Gasteiger partial charge in [0.15, 0.2) is 9.84 Å². The molecule has 2 rings (SSSR count). The Morgan fingerprint density at radius 2 is 1.89 bits per heavy atom. The molecule has 1 amide bonds. The zero-order valence-corrected chi connectivity index (χ0v) is 11.7. The van der Waals surface area contributed by atoms with Crippen LogP contribution in [0.15, 0.2) is 0 Å². The topological polar surface area (TPSA) is 80.5 Å². The van der Waals surface area contributed by atoms with Crippen LogP contribution in [0.1, 0.15) is 32.6 Å². The maximum Gasteiger partial charge on any atom is 0.227 e. The summed E-state index contributed by atoms with van der Waals surface area (Å²) in [6.07, 6.45) is 3.81. The van der Waals surface area contributed by atoms with Gasteiger partial charge < -0.3 is 10.6 Å². The lowest BCUT2D eigenvalue weighted by molar-refractivity contribution is -0.138. The van der Waals surface area contributed by atoms with Crippen molar-refractivity contribution >= 4 is 15.7 Å². The van der Waals surface area contributed by atoms with E-state index in [0.717, 1.165) is 25.7 Å². The number of nitrogens with two attached hydrogens (primary N) is 1. The predicted molar refractivity (Wildman–Crippen MR) is 69.8 cm³/mol. The molecule has 2 fully saturated rings. The second-order valence-corrected chi connectivity index (χ2v) is 8.08. The second kappa shape index (κ2) is 4.81. The Kier molecular flexibility index (Phi) is 3.69. The van der Waals surface area contributed by atoms with Crippen LogP contribution in [0.4, 0.5) is 0 Å². The van der Waals surface area contributed by atoms with E-state index in [-0.39, 0.29) is 23.3 Å². The van der Waals surface area contributed by atoms with E-state index in [0.29, 0.717) is 13.1 Å². The third-order valence-corrected chi connectivity index (χ3v) is 5.82. The molecule has 2 unspecified atom stereocenters. The van der Waals surface area contributed by atoms with Crippen molar-refractivity contribution in [1.29, 1.82) is 0 Å². The van der Waals surface area contributed by atoms with Gasteiger partial charge in [0.2, 0.25) is 5.91 Å². The number of amides is 1. The third kappa shape index (κ3) is 2.85. The summed E-state index contributed by atoms with van der Waals surface area (Å²) in [5.41, 5.74) is 5.78. The summed E-state index contributed by atoms with van der Waals surface area (Å²) in [4.78, 5) is 14.1. The smallest absolute Gasteiger partial charge is 0.227 e. The fraction of sp³-hybridized carbons (Fsp3) is 0.917. The van der Waals surface area contributed by atoms with Crippen LogP contribution in [-0.2, 0) is 14.6 Å². The molecule has 2 aliphatic rings. The van der Waals surface area contributed by atoms with Gasteiger partial charge in [-0.15, -0.1) is 0 Å². The van der Waals surface area contributed by atoms with Crippen LogP contribution < -0.4 is 5.73 Å². The highest BCUT2D eigenvalue weighted by Crippen LogP contribution is 2.33. The summed E-state index contributed by atoms with van der Waals surface area (Å²) in [7, 11) is -2.93. The lowest BCUT2D eigenvalue weighted by Gasteiger charge is -2.40. The van der Waals surface area contributed by atoms with Crippen LogP contribution in [0.25, 0.3) is 0 Å². The van der Waals surface area contributed by atoms with Crippen LogP contribution in [0, 0.1) is 5.92 Å². The highest BCUT2D eigenvalue weighted by molar-refractivity contribution is 7.91. The van der Waals surface area contributed by atoms with Crippen LogP contribution in [0.5, 0.6) is 0 Å². The second-order valence-electron chi connectivity index (χ2n) is 5.78. The predicted octanol–water partition coefficient (Wildman–Crippen LogP) is 0.151. The molecule has 6 heteroatoms. The summed E-state index contributed by atoms with van der Waals surface area (Å²) in [6.45, 7) is 2.59. The fourth-order valence-electron chi connectivity index (χ4n) is 2.92. The molecule has 1 heterocycles. The molecule has 0 aromatic carbocycles. The van der Waals surface area contributed by atoms with Gasteiger partial charge in [0.1, 0.15) is 0 Å². The van der Waals surface area contributed by atoms with E-state index in [9.17, 15) is 13.2 Å². The Hall–Kier alpha value is -0.620. The first kappa shape index (κ1) is 13.8. The molecule has 0 bridgehead atoms. The monoisotopic (exact) mass is 274 g/mol. The molecular weight excluding hydrogens is 252 g/mol. The first-order chi connectivity index (χ1) is 8.32. The van der Waals surface area contributed by atoms with Crippen LogP contribution in [-0.4, -0.2) is 49.4 Å². The largest absolute Gasteiger partial charge is 0.340 e. The molecule has 0 spiro atoms. The van der Waals surface area contributed by atoms with Gasteiger partial charge in [-0.1, -0.05) is 12.8 Å². The molecule has 5 nitrogen and oxygen atoms in total. The fourth-order valence-corrected chi connectivity index (χ4v) is 4.12. The third-order valence-electron chi connectivity index (χ3n) is 4.21. The maximum atomic E-state index is 12.4. The van der Waals surface area contributed by atoms with Gasteiger partial charge in [0.25, 0.3) is 0 Å². The van der Waals surface area contributed by atoms with Gasteiger partial charge in [-0.05, 0) is 19.8 Å². The van der Waals surface area contributed by atoms with Crippen LogP contribution in [0.2, 0.25) is 0 Å². The molecule has 0 radical (unpaired) electrons.